The van der Waals surface area contributed by atoms with Crippen molar-refractivity contribution in [2.75, 3.05) is 26.4 Å². The predicted molar refractivity (Wildman–Crippen MR) is 281 cm³/mol. The monoisotopic (exact) mass is 1000 g/mol. The molecule has 0 spiro atoms. The third kappa shape index (κ3) is 40.7. The third-order valence-corrected chi connectivity index (χ3v) is 13.8. The summed E-state index contributed by atoms with van der Waals surface area (Å²) >= 11 is 0. The number of hydrogen-bond acceptors (Lipinski definition) is 11. The van der Waals surface area contributed by atoms with E-state index in [0.717, 1.165) is 44.9 Å². The summed E-state index contributed by atoms with van der Waals surface area (Å²) in [5, 5.41) is 30.8. The lowest BCUT2D eigenvalue weighted by atomic mass is 9.99. The zero-order valence-corrected chi connectivity index (χ0v) is 45.0. The van der Waals surface area contributed by atoms with Crippen molar-refractivity contribution in [1.29, 1.82) is 0 Å². The van der Waals surface area contributed by atoms with E-state index < -0.39 is 59.8 Å². The van der Waals surface area contributed by atoms with E-state index in [2.05, 4.69) is 42.3 Å². The number of aliphatic hydroxyl groups excluding tert-OH is 3. The Morgan fingerprint density at radius 1 is 0.551 bits per heavy atom. The van der Waals surface area contributed by atoms with Crippen LogP contribution in [0.1, 0.15) is 264 Å². The van der Waals surface area contributed by atoms with Crippen LogP contribution >= 0.6 is 0 Å². The molecule has 0 aromatic rings. The molecule has 1 saturated heterocycles. The van der Waals surface area contributed by atoms with Crippen molar-refractivity contribution in [3.05, 3.63) is 24.3 Å². The van der Waals surface area contributed by atoms with Gasteiger partial charge in [0.05, 0.1) is 19.8 Å². The molecule has 0 bridgehead atoms. The molecule has 12 nitrogen and oxygen atoms in total. The summed E-state index contributed by atoms with van der Waals surface area (Å²) in [5.74, 6) is -0.394. The Bertz CT molecular complexity index is 1300. The first-order chi connectivity index (χ1) is 33.6. The van der Waals surface area contributed by atoms with E-state index in [1.165, 1.54) is 193 Å². The molecule has 4 N–H and O–H groups in total. The van der Waals surface area contributed by atoms with Crippen LogP contribution in [0.15, 0.2) is 24.3 Å². The molecular weight excluding hydrogens is 897 g/mol. The van der Waals surface area contributed by atoms with E-state index in [9.17, 15) is 33.1 Å². The molecule has 0 amide bonds. The van der Waals surface area contributed by atoms with E-state index in [1.807, 2.05) is 0 Å². The highest BCUT2D eigenvalue weighted by atomic mass is 32.3. The van der Waals surface area contributed by atoms with Gasteiger partial charge in [0, 0.05) is 13.0 Å². The normalized spacial score (nSPS) is 19.3. The summed E-state index contributed by atoms with van der Waals surface area (Å²) in [6.07, 6.45) is 47.8. The van der Waals surface area contributed by atoms with Crippen molar-refractivity contribution in [1.82, 2.24) is 0 Å². The zero-order valence-electron chi connectivity index (χ0n) is 44.1. The van der Waals surface area contributed by atoms with Crippen molar-refractivity contribution < 1.29 is 56.2 Å². The quantitative estimate of drug-likeness (QED) is 0.0196. The van der Waals surface area contributed by atoms with E-state index in [-0.39, 0.29) is 19.6 Å². The van der Waals surface area contributed by atoms with Crippen LogP contribution in [0, 0.1) is 0 Å². The summed E-state index contributed by atoms with van der Waals surface area (Å²) < 4.78 is 59.4. The largest absolute Gasteiger partial charge is 0.457 e. The fraction of sp³-hybridized carbons (Fsp3) is 0.911. The van der Waals surface area contributed by atoms with Crippen LogP contribution in [0.4, 0.5) is 0 Å². The number of ether oxygens (including phenoxy) is 4. The topological polar surface area (TPSA) is 178 Å². The van der Waals surface area contributed by atoms with Crippen molar-refractivity contribution in [3.63, 3.8) is 0 Å². The first kappa shape index (κ1) is 65.6. The predicted octanol–water partition coefficient (Wildman–Crippen LogP) is 13.9. The molecule has 0 radical (unpaired) electrons. The Hall–Kier alpha value is -1.42. The average Bonchev–Trinajstić information content (AvgIpc) is 3.32. The van der Waals surface area contributed by atoms with Crippen LogP contribution < -0.4 is 0 Å². The van der Waals surface area contributed by atoms with Crippen LogP contribution in [0.25, 0.3) is 0 Å². The molecular formula is C56H106O12S. The Kier molecular flexibility index (Phi) is 45.2. The number of carbonyl (C=O) groups is 1. The van der Waals surface area contributed by atoms with Crippen molar-refractivity contribution in [2.45, 2.75) is 301 Å². The van der Waals surface area contributed by atoms with Crippen LogP contribution in [0.2, 0.25) is 0 Å². The second-order valence-electron chi connectivity index (χ2n) is 19.9. The minimum Gasteiger partial charge on any atom is -0.457 e. The van der Waals surface area contributed by atoms with Gasteiger partial charge in [0.2, 0.25) is 0 Å². The molecule has 13 heteroatoms. The molecule has 6 unspecified atom stereocenters. The SMILES string of the molecule is CCCCCCC/C=C\C/C=C\CCCCCCCCCCCCOCC(COC1OC(CO)C(O)C(OS(=O)(=O)O)C1O)OC(=O)CCCCCCCCCCCCCCCCCCCCCC. The van der Waals surface area contributed by atoms with Gasteiger partial charge in [-0.05, 0) is 44.9 Å². The van der Waals surface area contributed by atoms with Gasteiger partial charge in [-0.3, -0.25) is 9.35 Å². The summed E-state index contributed by atoms with van der Waals surface area (Å²) in [6, 6.07) is 0. The first-order valence-electron chi connectivity index (χ1n) is 28.6. The number of unbranched alkanes of at least 4 members (excludes halogenated alkanes) is 34. The van der Waals surface area contributed by atoms with E-state index in [0.29, 0.717) is 13.0 Å². The fourth-order valence-corrected chi connectivity index (χ4v) is 9.51. The Balaban J connectivity index is 2.30. The van der Waals surface area contributed by atoms with Crippen LogP contribution in [-0.2, 0) is 38.3 Å². The van der Waals surface area contributed by atoms with Crippen molar-refractivity contribution in [3.8, 4) is 0 Å². The molecule has 6 atom stereocenters. The van der Waals surface area contributed by atoms with E-state index >= 15 is 0 Å². The van der Waals surface area contributed by atoms with Crippen LogP contribution in [-0.4, -0.2) is 97.5 Å². The lowest BCUT2D eigenvalue weighted by molar-refractivity contribution is -0.301. The van der Waals surface area contributed by atoms with E-state index in [4.69, 9.17) is 18.9 Å². The zero-order chi connectivity index (χ0) is 50.3. The van der Waals surface area contributed by atoms with Crippen LogP contribution in [0.3, 0.4) is 0 Å². The minimum absolute atomic E-state index is 0.0386. The van der Waals surface area contributed by atoms with Gasteiger partial charge in [-0.2, -0.15) is 8.42 Å². The second kappa shape index (κ2) is 47.6. The van der Waals surface area contributed by atoms with Crippen molar-refractivity contribution in [2.24, 2.45) is 0 Å². The number of allylic oxidation sites excluding steroid dienone is 4. The number of hydrogen-bond donors (Lipinski definition) is 4. The molecule has 0 aromatic carbocycles. The molecule has 0 aromatic heterocycles. The number of rotatable bonds is 51. The van der Waals surface area contributed by atoms with Gasteiger partial charge in [0.25, 0.3) is 0 Å². The number of esters is 1. The lowest BCUT2D eigenvalue weighted by Crippen LogP contribution is -2.60. The smallest absolute Gasteiger partial charge is 0.397 e. The van der Waals surface area contributed by atoms with Gasteiger partial charge in [0.1, 0.15) is 30.5 Å². The van der Waals surface area contributed by atoms with Gasteiger partial charge in [-0.15, -0.1) is 0 Å². The maximum Gasteiger partial charge on any atom is 0.397 e. The summed E-state index contributed by atoms with van der Waals surface area (Å²) in [6.45, 7) is 4.03. The highest BCUT2D eigenvalue weighted by molar-refractivity contribution is 7.80. The second-order valence-corrected chi connectivity index (χ2v) is 20.9. The summed E-state index contributed by atoms with van der Waals surface area (Å²) in [5.41, 5.74) is 0. The number of carbonyl (C=O) groups excluding carboxylic acids is 1. The fourth-order valence-electron chi connectivity index (χ4n) is 9.00. The Labute approximate surface area is 422 Å². The molecule has 1 aliphatic rings. The third-order valence-electron chi connectivity index (χ3n) is 13.3. The van der Waals surface area contributed by atoms with Gasteiger partial charge >= 0.3 is 16.4 Å². The van der Waals surface area contributed by atoms with Gasteiger partial charge in [-0.25, -0.2) is 4.18 Å². The average molecular weight is 1000 g/mol. The molecule has 1 heterocycles. The molecule has 1 fully saturated rings. The minimum atomic E-state index is -5.06. The maximum atomic E-state index is 12.9. The highest BCUT2D eigenvalue weighted by Gasteiger charge is 2.48. The highest BCUT2D eigenvalue weighted by Crippen LogP contribution is 2.26. The maximum absolute atomic E-state index is 12.9. The number of aliphatic hydroxyl groups is 3. The van der Waals surface area contributed by atoms with E-state index in [1.54, 1.807) is 0 Å². The molecule has 408 valence electrons. The van der Waals surface area contributed by atoms with Gasteiger partial charge in [0.15, 0.2) is 6.29 Å². The molecule has 1 aliphatic heterocycles. The molecule has 0 saturated carbocycles. The van der Waals surface area contributed by atoms with Gasteiger partial charge < -0.3 is 34.3 Å². The molecule has 1 rings (SSSR count). The Morgan fingerprint density at radius 2 is 0.957 bits per heavy atom. The van der Waals surface area contributed by atoms with Crippen molar-refractivity contribution >= 4 is 16.4 Å². The standard InChI is InChI=1S/C56H106O12S/c1-3-5-7-9-11-13-15-17-19-21-23-25-26-28-30-32-34-36-38-40-42-44-46-64-48-50(49-65-56-54(60)55(68-69(61,62)63)53(59)51(47-57)67-56)66-52(58)45-43-41-39-37-35-33-31-29-27-24-22-20-18-16-14-12-10-8-6-4-2/h15,17,21,23,50-51,53-57,59-60H,3-14,16,18-20,22,24-49H2,1-2H3,(H,61,62,63)/b17-15-,23-21-. The molecule has 69 heavy (non-hydrogen) atoms. The first-order valence-corrected chi connectivity index (χ1v) is 30.0. The summed E-state index contributed by atoms with van der Waals surface area (Å²) in [4.78, 5) is 12.9. The van der Waals surface area contributed by atoms with Gasteiger partial charge in [-0.1, -0.05) is 237 Å². The molecule has 0 aliphatic carbocycles. The lowest BCUT2D eigenvalue weighted by Gasteiger charge is -2.41. The Morgan fingerprint density at radius 3 is 1.38 bits per heavy atom. The summed E-state index contributed by atoms with van der Waals surface area (Å²) in [7, 11) is -5.06. The van der Waals surface area contributed by atoms with Crippen LogP contribution in [0.5, 0.6) is 0 Å².